The molecule has 5 nitrogen and oxygen atoms in total. The molecule has 1 aromatic rings. The number of hydrogen-bond acceptors (Lipinski definition) is 4. The fourth-order valence-corrected chi connectivity index (χ4v) is 1.78. The maximum absolute atomic E-state index is 10.6. The minimum absolute atomic E-state index is 0.0826. The van der Waals surface area contributed by atoms with E-state index in [-0.39, 0.29) is 16.0 Å². The minimum atomic E-state index is -0.386. The number of non-ortho nitro benzene ring substituents is 1. The summed E-state index contributed by atoms with van der Waals surface area (Å²) in [6.07, 6.45) is 1.96. The Morgan fingerprint density at radius 3 is 2.80 bits per heavy atom. The van der Waals surface area contributed by atoms with Crippen LogP contribution in [0.2, 0.25) is 0 Å². The standard InChI is InChI=1S/C10H12N2O3/c11-15-7-10(4-5-10)8-2-1-3-9(6-8)12(13)14/h1-3,6H,4-5,7,11H2. The van der Waals surface area contributed by atoms with E-state index < -0.39 is 0 Å². The Labute approximate surface area is 86.9 Å². The van der Waals surface area contributed by atoms with Gasteiger partial charge in [0.15, 0.2) is 0 Å². The second kappa shape index (κ2) is 3.60. The quantitative estimate of drug-likeness (QED) is 0.601. The van der Waals surface area contributed by atoms with Crippen LogP contribution in [0.15, 0.2) is 24.3 Å². The topological polar surface area (TPSA) is 78.4 Å². The van der Waals surface area contributed by atoms with Gasteiger partial charge in [0.2, 0.25) is 0 Å². The molecule has 0 aromatic heterocycles. The molecule has 0 radical (unpaired) electrons. The number of rotatable bonds is 4. The van der Waals surface area contributed by atoms with Crippen LogP contribution in [-0.2, 0) is 10.3 Å². The number of nitrogens with zero attached hydrogens (tertiary/aromatic N) is 1. The van der Waals surface area contributed by atoms with E-state index in [0.717, 1.165) is 18.4 Å². The lowest BCUT2D eigenvalue weighted by Gasteiger charge is -2.13. The number of nitro groups is 1. The average molecular weight is 208 g/mol. The summed E-state index contributed by atoms with van der Waals surface area (Å²) in [5.74, 6) is 5.06. The number of nitrogens with two attached hydrogens (primary N) is 1. The van der Waals surface area contributed by atoms with Crippen molar-refractivity contribution < 1.29 is 9.76 Å². The molecule has 2 rings (SSSR count). The zero-order chi connectivity index (χ0) is 10.9. The third-order valence-electron chi connectivity index (χ3n) is 2.88. The van der Waals surface area contributed by atoms with Crippen LogP contribution in [0.3, 0.4) is 0 Å². The van der Waals surface area contributed by atoms with Gasteiger partial charge < -0.3 is 4.84 Å². The Bertz CT molecular complexity index is 388. The predicted octanol–water partition coefficient (Wildman–Crippen LogP) is 1.52. The zero-order valence-electron chi connectivity index (χ0n) is 8.18. The third kappa shape index (κ3) is 1.84. The highest BCUT2D eigenvalue weighted by molar-refractivity contribution is 5.41. The molecule has 80 valence electrons. The summed E-state index contributed by atoms with van der Waals surface area (Å²) >= 11 is 0. The maximum Gasteiger partial charge on any atom is 0.269 e. The van der Waals surface area contributed by atoms with Gasteiger partial charge in [-0.3, -0.25) is 10.1 Å². The van der Waals surface area contributed by atoms with Crippen LogP contribution in [0.25, 0.3) is 0 Å². The molecule has 1 aliphatic rings. The van der Waals surface area contributed by atoms with Gasteiger partial charge >= 0.3 is 0 Å². The lowest BCUT2D eigenvalue weighted by atomic mass is 9.97. The Balaban J connectivity index is 2.29. The van der Waals surface area contributed by atoms with E-state index in [1.54, 1.807) is 12.1 Å². The van der Waals surface area contributed by atoms with Gasteiger partial charge in [-0.2, -0.15) is 0 Å². The summed E-state index contributed by atoms with van der Waals surface area (Å²) in [7, 11) is 0. The van der Waals surface area contributed by atoms with E-state index in [9.17, 15) is 10.1 Å². The van der Waals surface area contributed by atoms with E-state index in [2.05, 4.69) is 4.84 Å². The smallest absolute Gasteiger partial charge is 0.269 e. The van der Waals surface area contributed by atoms with Gasteiger partial charge in [0.1, 0.15) is 0 Å². The van der Waals surface area contributed by atoms with Crippen LogP contribution in [0.4, 0.5) is 5.69 Å². The predicted molar refractivity (Wildman–Crippen MR) is 54.1 cm³/mol. The Morgan fingerprint density at radius 1 is 1.53 bits per heavy atom. The highest BCUT2D eigenvalue weighted by atomic mass is 16.6. The Morgan fingerprint density at radius 2 is 2.27 bits per heavy atom. The molecule has 2 N–H and O–H groups in total. The zero-order valence-corrected chi connectivity index (χ0v) is 8.18. The fraction of sp³-hybridized carbons (Fsp3) is 0.400. The number of hydrogen-bond donors (Lipinski definition) is 1. The Hall–Kier alpha value is -1.46. The van der Waals surface area contributed by atoms with Gasteiger partial charge in [-0.25, -0.2) is 5.90 Å². The number of benzene rings is 1. The van der Waals surface area contributed by atoms with Crippen molar-refractivity contribution in [2.75, 3.05) is 6.61 Å². The van der Waals surface area contributed by atoms with E-state index in [4.69, 9.17) is 5.90 Å². The largest absolute Gasteiger partial charge is 0.304 e. The van der Waals surface area contributed by atoms with Crippen molar-refractivity contribution in [1.82, 2.24) is 0 Å². The molecule has 0 heterocycles. The van der Waals surface area contributed by atoms with E-state index in [1.165, 1.54) is 6.07 Å². The maximum atomic E-state index is 10.6. The van der Waals surface area contributed by atoms with Gasteiger partial charge in [-0.05, 0) is 18.4 Å². The van der Waals surface area contributed by atoms with Crippen LogP contribution in [-0.4, -0.2) is 11.5 Å². The average Bonchev–Trinajstić information content (AvgIpc) is 3.00. The molecule has 1 aromatic carbocycles. The van der Waals surface area contributed by atoms with Crippen molar-refractivity contribution in [3.05, 3.63) is 39.9 Å². The van der Waals surface area contributed by atoms with Crippen molar-refractivity contribution in [1.29, 1.82) is 0 Å². The molecule has 1 fully saturated rings. The molecule has 0 atom stereocenters. The van der Waals surface area contributed by atoms with Crippen LogP contribution in [0.5, 0.6) is 0 Å². The fourth-order valence-electron chi connectivity index (χ4n) is 1.78. The molecule has 0 unspecified atom stereocenters. The van der Waals surface area contributed by atoms with Crippen LogP contribution >= 0.6 is 0 Å². The van der Waals surface area contributed by atoms with Crippen LogP contribution < -0.4 is 5.90 Å². The van der Waals surface area contributed by atoms with Crippen molar-refractivity contribution in [2.45, 2.75) is 18.3 Å². The molecular weight excluding hydrogens is 196 g/mol. The monoisotopic (exact) mass is 208 g/mol. The first-order chi connectivity index (χ1) is 7.18. The van der Waals surface area contributed by atoms with E-state index in [1.807, 2.05) is 6.07 Å². The van der Waals surface area contributed by atoms with E-state index in [0.29, 0.717) is 6.61 Å². The van der Waals surface area contributed by atoms with Gasteiger partial charge in [-0.15, -0.1) is 0 Å². The van der Waals surface area contributed by atoms with Gasteiger partial charge in [0.25, 0.3) is 5.69 Å². The Kier molecular flexibility index (Phi) is 2.42. The minimum Gasteiger partial charge on any atom is -0.304 e. The molecule has 15 heavy (non-hydrogen) atoms. The van der Waals surface area contributed by atoms with Crippen LogP contribution in [0.1, 0.15) is 18.4 Å². The summed E-state index contributed by atoms with van der Waals surface area (Å²) in [5.41, 5.74) is 0.985. The lowest BCUT2D eigenvalue weighted by molar-refractivity contribution is -0.384. The highest BCUT2D eigenvalue weighted by Gasteiger charge is 2.45. The number of nitro benzene ring substituents is 1. The molecule has 5 heteroatoms. The molecule has 0 aliphatic heterocycles. The second-order valence-corrected chi connectivity index (χ2v) is 3.90. The van der Waals surface area contributed by atoms with Crippen molar-refractivity contribution >= 4 is 5.69 Å². The van der Waals surface area contributed by atoms with Gasteiger partial charge in [-0.1, -0.05) is 12.1 Å². The summed E-state index contributed by atoms with van der Waals surface area (Å²) < 4.78 is 0. The summed E-state index contributed by atoms with van der Waals surface area (Å²) in [4.78, 5) is 14.9. The summed E-state index contributed by atoms with van der Waals surface area (Å²) in [6.45, 7) is 0.425. The SMILES string of the molecule is NOCC1(c2cccc([N+](=O)[O-])c2)CC1. The van der Waals surface area contributed by atoms with Gasteiger partial charge in [0, 0.05) is 17.5 Å². The van der Waals surface area contributed by atoms with E-state index >= 15 is 0 Å². The van der Waals surface area contributed by atoms with Crippen LogP contribution in [0, 0.1) is 10.1 Å². The summed E-state index contributed by atoms with van der Waals surface area (Å²) in [5, 5.41) is 10.6. The first-order valence-corrected chi connectivity index (χ1v) is 4.75. The molecular formula is C10H12N2O3. The molecule has 0 amide bonds. The molecule has 0 bridgehead atoms. The molecule has 1 saturated carbocycles. The summed E-state index contributed by atoms with van der Waals surface area (Å²) in [6, 6.07) is 6.68. The first kappa shape index (κ1) is 10.1. The second-order valence-electron chi connectivity index (χ2n) is 3.90. The third-order valence-corrected chi connectivity index (χ3v) is 2.88. The molecule has 1 aliphatic carbocycles. The first-order valence-electron chi connectivity index (χ1n) is 4.75. The highest BCUT2D eigenvalue weighted by Crippen LogP contribution is 2.48. The molecule has 0 saturated heterocycles. The molecule has 0 spiro atoms. The normalized spacial score (nSPS) is 17.4. The van der Waals surface area contributed by atoms with Gasteiger partial charge in [0.05, 0.1) is 11.5 Å². The van der Waals surface area contributed by atoms with Crippen molar-refractivity contribution in [2.24, 2.45) is 5.90 Å². The van der Waals surface area contributed by atoms with Crippen molar-refractivity contribution in [3.63, 3.8) is 0 Å². The lowest BCUT2D eigenvalue weighted by Crippen LogP contribution is -2.18. The van der Waals surface area contributed by atoms with Crippen molar-refractivity contribution in [3.8, 4) is 0 Å².